The monoisotopic (exact) mass is 1410 g/mol. The van der Waals surface area contributed by atoms with Crippen LogP contribution < -0.4 is 40.5 Å². The van der Waals surface area contributed by atoms with Crippen LogP contribution >= 0.6 is 34.4 Å². The van der Waals surface area contributed by atoms with Crippen molar-refractivity contribution >= 4 is 174 Å². The van der Waals surface area contributed by atoms with Gasteiger partial charge in [0.15, 0.2) is 21.7 Å². The first kappa shape index (κ1) is 75.3. The average Bonchev–Trinajstić information content (AvgIpc) is 1.71. The molecule has 36 heteroatoms. The second-order valence-corrected chi connectivity index (χ2v) is 24.1. The van der Waals surface area contributed by atoms with E-state index in [2.05, 4.69) is 51.5 Å². The Labute approximate surface area is 560 Å². The summed E-state index contributed by atoms with van der Waals surface area (Å²) in [4.78, 5) is 73.6. The lowest BCUT2D eigenvalue weighted by Gasteiger charge is -2.25. The molecule has 2 amide bonds. The predicted molar refractivity (Wildman–Crippen MR) is 361 cm³/mol. The van der Waals surface area contributed by atoms with E-state index in [0.717, 1.165) is 24.3 Å². The number of ketones is 2. The van der Waals surface area contributed by atoms with Crippen molar-refractivity contribution in [1.29, 1.82) is 5.26 Å². The normalized spacial score (nSPS) is 11.2. The third-order valence-corrected chi connectivity index (χ3v) is 16.4. The summed E-state index contributed by atoms with van der Waals surface area (Å²) >= 11 is 2.95. The van der Waals surface area contributed by atoms with E-state index < -0.39 is 70.7 Å². The Morgan fingerprint density at radius 1 is 0.674 bits per heavy atom. The molecule has 0 atom stereocenters. The Morgan fingerprint density at radius 2 is 1.11 bits per heavy atom. The zero-order valence-electron chi connectivity index (χ0n) is 51.9. The lowest BCUT2D eigenvalue weighted by molar-refractivity contribution is -0.120. The van der Waals surface area contributed by atoms with Crippen LogP contribution in [-0.4, -0.2) is 123 Å². The number of anilines is 8. The molecule has 0 unspecified atom stereocenters. The second-order valence-electron chi connectivity index (χ2n) is 18.6. The first-order chi connectivity index (χ1) is 45.3. The number of carbonyl (C=O) groups is 4. The molecular weight excluding hydrogens is 1350 g/mol. The van der Waals surface area contributed by atoms with Crippen molar-refractivity contribution in [3.63, 3.8) is 0 Å². The summed E-state index contributed by atoms with van der Waals surface area (Å²) in [5.41, 5.74) is 2.01. The number of thiophene rings is 2. The van der Waals surface area contributed by atoms with Crippen molar-refractivity contribution in [2.45, 2.75) is 58.5 Å². The van der Waals surface area contributed by atoms with Gasteiger partial charge < -0.3 is 40.5 Å². The number of para-hydroxylation sites is 2. The van der Waals surface area contributed by atoms with Crippen LogP contribution in [0.25, 0.3) is 17.0 Å². The van der Waals surface area contributed by atoms with Crippen molar-refractivity contribution in [3.05, 3.63) is 129 Å². The number of nitrogens with zero attached hydrogens (tertiary/aromatic N) is 11. The molecule has 7 aromatic rings. The fraction of sp³-hybridized carbons (Fsp3) is 0.237. The number of nitrogens with one attached hydrogen (secondary N) is 4. The maximum atomic E-state index is 13.4. The van der Waals surface area contributed by atoms with Gasteiger partial charge in [0.25, 0.3) is 21.9 Å². The van der Waals surface area contributed by atoms with Crippen molar-refractivity contribution in [2.75, 3.05) is 77.2 Å². The van der Waals surface area contributed by atoms with Crippen molar-refractivity contribution in [2.24, 2.45) is 20.5 Å². The molecule has 0 aliphatic carbocycles. The molecule has 0 saturated carbocycles. The van der Waals surface area contributed by atoms with Crippen LogP contribution in [0.4, 0.5) is 73.1 Å². The van der Waals surface area contributed by atoms with E-state index in [0.29, 0.717) is 93.2 Å². The Morgan fingerprint density at radius 3 is 1.48 bits per heavy atom. The summed E-state index contributed by atoms with van der Waals surface area (Å²) in [7, 11) is -8.41. The number of hydrogen-bond donors (Lipinski definition) is 5. The Balaban J connectivity index is 0.00000193. The Bertz CT molecular complexity index is 4530. The van der Waals surface area contributed by atoms with Crippen LogP contribution in [0.1, 0.15) is 63.8 Å². The highest BCUT2D eigenvalue weighted by Gasteiger charge is 2.29. The van der Waals surface area contributed by atoms with Crippen LogP contribution in [0.2, 0.25) is 0 Å². The minimum absolute atomic E-state index is 0.0138. The highest BCUT2D eigenvalue weighted by molar-refractivity contribution is 7.99. The summed E-state index contributed by atoms with van der Waals surface area (Å²) < 4.78 is 98.9. The van der Waals surface area contributed by atoms with E-state index in [4.69, 9.17) is 56.3 Å². The molecule has 0 fully saturated rings. The Hall–Kier alpha value is -10.5. The SMILES string of the molecule is O=S(=O)=O.O=S(=O)=O.[C-]#[N+]c1cc(/C=C(\C(C)=O)C(=O)Nc2ccccc2)sc1N=Nc1cc(OC)c(N(CC)CC)cc1Nc1nc(Nc2cc(N(CC)CC)c(OC)cc2N=Nc2sc(/C=C(/C(C)=O)C(=O)Nc3ccccc3)c(S(=O)(=O)O)c2C#N)nc(SCC)n1. The zero-order valence-corrected chi connectivity index (χ0v) is 56.8. The average molecular weight is 1410 g/mol. The fourth-order valence-corrected chi connectivity index (χ4v) is 12.0. The maximum Gasteiger partial charge on any atom is 0.425 e. The molecule has 30 nitrogen and oxygen atoms in total. The summed E-state index contributed by atoms with van der Waals surface area (Å²) in [6.07, 6.45) is 2.38. The third-order valence-electron chi connectivity index (χ3n) is 12.6. The number of benzene rings is 4. The van der Waals surface area contributed by atoms with Gasteiger partial charge in [0, 0.05) is 54.6 Å². The number of Topliss-reactive ketones (excluding diaryl/α,β-unsaturated/α-hetero) is 2. The molecule has 0 aliphatic rings. The van der Waals surface area contributed by atoms with Gasteiger partial charge in [0.05, 0.1) is 59.6 Å². The summed E-state index contributed by atoms with van der Waals surface area (Å²) in [6, 6.07) is 27.0. The summed E-state index contributed by atoms with van der Waals surface area (Å²) in [6.45, 7) is 22.5. The zero-order chi connectivity index (χ0) is 70.1. The van der Waals surface area contributed by atoms with Gasteiger partial charge in [0.1, 0.15) is 44.4 Å². The van der Waals surface area contributed by atoms with E-state index in [1.807, 2.05) is 39.5 Å². The van der Waals surface area contributed by atoms with Crippen LogP contribution in [0.3, 0.4) is 0 Å². The topological polar surface area (TPSA) is 414 Å². The molecule has 0 spiro atoms. The lowest BCUT2D eigenvalue weighted by Crippen LogP contribution is -2.22. The largest absolute Gasteiger partial charge is 0.494 e. The van der Waals surface area contributed by atoms with E-state index in [-0.39, 0.29) is 55.1 Å². The summed E-state index contributed by atoms with van der Waals surface area (Å²) in [5.74, 6) is -1.29. The molecule has 0 saturated heterocycles. The number of rotatable bonds is 27. The molecule has 0 aliphatic heterocycles. The van der Waals surface area contributed by atoms with Gasteiger partial charge in [-0.2, -0.15) is 33.7 Å². The Kier molecular flexibility index (Phi) is 28.6. The van der Waals surface area contributed by atoms with Crippen molar-refractivity contribution in [3.8, 4) is 17.6 Å². The number of nitriles is 1. The predicted octanol–water partition coefficient (Wildman–Crippen LogP) is 12.0. The number of hydrogen-bond acceptors (Lipinski definition) is 29. The van der Waals surface area contributed by atoms with E-state index in [9.17, 15) is 37.4 Å². The summed E-state index contributed by atoms with van der Waals surface area (Å²) in [5, 5.41) is 40.5. The fourth-order valence-electron chi connectivity index (χ4n) is 8.45. The van der Waals surface area contributed by atoms with Gasteiger partial charge >= 0.3 is 21.2 Å². The van der Waals surface area contributed by atoms with Gasteiger partial charge in [-0.15, -0.1) is 63.3 Å². The minimum Gasteiger partial charge on any atom is -0.494 e. The number of ether oxygens (including phenoxy) is 2. The molecule has 0 bridgehead atoms. The van der Waals surface area contributed by atoms with E-state index in [1.54, 1.807) is 91.0 Å². The molecule has 0 radical (unpaired) electrons. The van der Waals surface area contributed by atoms with Gasteiger partial charge in [-0.05, 0) is 102 Å². The van der Waals surface area contributed by atoms with Gasteiger partial charge in [-0.25, -0.2) is 4.85 Å². The molecule has 7 rings (SSSR count). The second kappa shape index (κ2) is 36.1. The number of methoxy groups -OCH3 is 2. The number of thioether (sulfide) groups is 1. The van der Waals surface area contributed by atoms with Crippen LogP contribution in [0.5, 0.6) is 11.5 Å². The van der Waals surface area contributed by atoms with Crippen molar-refractivity contribution in [1.82, 2.24) is 15.0 Å². The molecular formula is C59H59N15O15S6. The highest BCUT2D eigenvalue weighted by Crippen LogP contribution is 2.46. The van der Waals surface area contributed by atoms with Gasteiger partial charge in [0.2, 0.25) is 17.6 Å². The molecule has 3 aromatic heterocycles. The number of aromatic nitrogens is 3. The number of amides is 2. The first-order valence-electron chi connectivity index (χ1n) is 27.7. The van der Waals surface area contributed by atoms with Crippen LogP contribution in [0.15, 0.2) is 133 Å². The maximum absolute atomic E-state index is 13.4. The van der Waals surface area contributed by atoms with E-state index in [1.165, 1.54) is 45.0 Å². The van der Waals surface area contributed by atoms with Crippen LogP contribution in [0, 0.1) is 17.9 Å². The standard InChI is InChI=1S/C59H59N15O9S4.2O3S/c1-11-73(12-2)47-29-42(44(31-49(47)82-9)69-71-55-41(33-60)52(87(79,80)81)51(86-55)28-40(35(7)76)54(78)63-37-24-20-17-21-25-37)64-57-66-58(68-59(67-57)84-15-5)65-43-30-48(74(13-3)14-4)50(83-10)32-45(43)70-72-56-46(61-8)27-38(85-56)26-39(34(6)75)53(77)62-36-22-18-16-19-23-36;2*1-4(2)3/h16-32H,11-15H2,1-7,9-10H3,(H,62,77)(H,63,78)(H,79,80,81)(H2,64,65,66,67,68);;/b39-26+,40-28-,71-69?,72-70?;;. The van der Waals surface area contributed by atoms with Gasteiger partial charge in [-0.3, -0.25) is 23.7 Å². The molecule has 3 heterocycles. The number of azo groups is 2. The van der Waals surface area contributed by atoms with Crippen molar-refractivity contribution < 1.29 is 66.9 Å². The molecule has 496 valence electrons. The molecule has 5 N–H and O–H groups in total. The van der Waals surface area contributed by atoms with Crippen LogP contribution in [-0.2, 0) is 50.5 Å². The van der Waals surface area contributed by atoms with E-state index >= 15 is 0 Å². The number of carbonyl (C=O) groups excluding carboxylic acids is 4. The first-order valence-corrected chi connectivity index (χ1v) is 33.8. The third kappa shape index (κ3) is 21.5. The quantitative estimate of drug-likeness (QED) is 0.00607. The molecule has 4 aromatic carbocycles. The molecule has 95 heavy (non-hydrogen) atoms. The lowest BCUT2D eigenvalue weighted by atomic mass is 10.1. The highest BCUT2D eigenvalue weighted by atomic mass is 32.2. The smallest absolute Gasteiger partial charge is 0.425 e. The van der Waals surface area contributed by atoms with Gasteiger partial charge in [-0.1, -0.05) is 55.1 Å². The minimum atomic E-state index is -5.18.